The predicted molar refractivity (Wildman–Crippen MR) is 74.7 cm³/mol. The molecular formula is C13H19N5O. The number of anilines is 2. The molecule has 0 aliphatic carbocycles. The van der Waals surface area contributed by atoms with E-state index in [2.05, 4.69) is 29.2 Å². The van der Waals surface area contributed by atoms with Crippen molar-refractivity contribution in [2.75, 3.05) is 17.4 Å². The van der Waals surface area contributed by atoms with Gasteiger partial charge in [-0.25, -0.2) is 15.8 Å². The molecule has 0 spiro atoms. The van der Waals surface area contributed by atoms with Gasteiger partial charge in [0.1, 0.15) is 23.7 Å². The van der Waals surface area contributed by atoms with E-state index in [9.17, 15) is 0 Å². The number of hydrogen-bond donors (Lipinski definition) is 2. The number of nitrogens with one attached hydrogen (secondary N) is 1. The molecule has 0 atom stereocenters. The van der Waals surface area contributed by atoms with Gasteiger partial charge < -0.3 is 14.7 Å². The topological polar surface area (TPSA) is 80.2 Å². The zero-order chi connectivity index (χ0) is 13.8. The van der Waals surface area contributed by atoms with Gasteiger partial charge in [-0.1, -0.05) is 13.8 Å². The Morgan fingerprint density at radius 1 is 1.42 bits per heavy atom. The number of nitrogens with two attached hydrogens (primary N) is 1. The summed E-state index contributed by atoms with van der Waals surface area (Å²) in [4.78, 5) is 10.6. The molecule has 2 rings (SSSR count). The van der Waals surface area contributed by atoms with E-state index in [4.69, 9.17) is 10.3 Å². The van der Waals surface area contributed by atoms with Crippen molar-refractivity contribution in [1.29, 1.82) is 0 Å². The van der Waals surface area contributed by atoms with Gasteiger partial charge >= 0.3 is 0 Å². The van der Waals surface area contributed by atoms with Crippen molar-refractivity contribution in [2.24, 2.45) is 5.84 Å². The smallest absolute Gasteiger partial charge is 0.148 e. The average molecular weight is 261 g/mol. The van der Waals surface area contributed by atoms with Gasteiger partial charge in [0.05, 0.1) is 12.8 Å². The van der Waals surface area contributed by atoms with Crippen LogP contribution in [0.5, 0.6) is 0 Å². The molecule has 6 heteroatoms. The Morgan fingerprint density at radius 3 is 2.79 bits per heavy atom. The fourth-order valence-corrected chi connectivity index (χ4v) is 2.05. The number of furan rings is 1. The Kier molecular flexibility index (Phi) is 4.01. The van der Waals surface area contributed by atoms with Crippen molar-refractivity contribution in [1.82, 2.24) is 9.97 Å². The lowest BCUT2D eigenvalue weighted by molar-refractivity contribution is 0.506. The van der Waals surface area contributed by atoms with Crippen LogP contribution in [-0.4, -0.2) is 17.0 Å². The first-order chi connectivity index (χ1) is 9.13. The lowest BCUT2D eigenvalue weighted by Gasteiger charge is -2.23. The molecule has 3 N–H and O–H groups in total. The normalized spacial score (nSPS) is 10.8. The predicted octanol–water partition coefficient (Wildman–Crippen LogP) is 2.12. The second kappa shape index (κ2) is 5.71. The van der Waals surface area contributed by atoms with E-state index in [0.29, 0.717) is 12.4 Å². The molecule has 2 heterocycles. The Labute approximate surface area is 112 Å². The van der Waals surface area contributed by atoms with Crippen molar-refractivity contribution < 1.29 is 4.42 Å². The SMILES string of the molecule is CC(C)c1c(NN)ncnc1N(C)Cc1ccco1. The molecular weight excluding hydrogens is 242 g/mol. The second-order valence-corrected chi connectivity index (χ2v) is 4.69. The lowest BCUT2D eigenvalue weighted by atomic mass is 10.0. The first-order valence-corrected chi connectivity index (χ1v) is 6.18. The van der Waals surface area contributed by atoms with Gasteiger partial charge in [0.25, 0.3) is 0 Å². The third-order valence-corrected chi connectivity index (χ3v) is 2.91. The summed E-state index contributed by atoms with van der Waals surface area (Å²) in [6.07, 6.45) is 3.18. The summed E-state index contributed by atoms with van der Waals surface area (Å²) in [6, 6.07) is 3.81. The van der Waals surface area contributed by atoms with Gasteiger partial charge in [-0.3, -0.25) is 0 Å². The summed E-state index contributed by atoms with van der Waals surface area (Å²) in [7, 11) is 1.97. The number of nitrogen functional groups attached to an aromatic ring is 1. The van der Waals surface area contributed by atoms with E-state index < -0.39 is 0 Å². The standard InChI is InChI=1S/C13H19N5O/c1-9(2)11-12(17-14)15-8-16-13(11)18(3)7-10-5-4-6-19-10/h4-6,8-9H,7,14H2,1-3H3,(H,15,16,17). The molecule has 102 valence electrons. The maximum atomic E-state index is 5.52. The van der Waals surface area contributed by atoms with Crippen LogP contribution in [0.1, 0.15) is 31.1 Å². The van der Waals surface area contributed by atoms with E-state index in [0.717, 1.165) is 17.1 Å². The minimum atomic E-state index is 0.265. The molecule has 0 saturated carbocycles. The molecule has 19 heavy (non-hydrogen) atoms. The zero-order valence-electron chi connectivity index (χ0n) is 11.4. The second-order valence-electron chi connectivity index (χ2n) is 4.69. The first-order valence-electron chi connectivity index (χ1n) is 6.18. The molecule has 0 bridgehead atoms. The summed E-state index contributed by atoms with van der Waals surface area (Å²) in [6.45, 7) is 4.82. The van der Waals surface area contributed by atoms with Crippen LogP contribution in [0.2, 0.25) is 0 Å². The number of aromatic nitrogens is 2. The zero-order valence-corrected chi connectivity index (χ0v) is 11.4. The van der Waals surface area contributed by atoms with Gasteiger partial charge in [0.2, 0.25) is 0 Å². The highest BCUT2D eigenvalue weighted by Gasteiger charge is 2.17. The van der Waals surface area contributed by atoms with Crippen LogP contribution in [0.4, 0.5) is 11.6 Å². The molecule has 0 aliphatic rings. The Hall–Kier alpha value is -2.08. The quantitative estimate of drug-likeness (QED) is 0.634. The molecule has 0 aliphatic heterocycles. The van der Waals surface area contributed by atoms with Gasteiger partial charge in [0.15, 0.2) is 0 Å². The summed E-state index contributed by atoms with van der Waals surface area (Å²) < 4.78 is 5.36. The van der Waals surface area contributed by atoms with Gasteiger partial charge in [-0.05, 0) is 18.1 Å². The van der Waals surface area contributed by atoms with E-state index >= 15 is 0 Å². The van der Waals surface area contributed by atoms with E-state index in [1.807, 2.05) is 24.1 Å². The number of hydrazine groups is 1. The minimum Gasteiger partial charge on any atom is -0.467 e. The summed E-state index contributed by atoms with van der Waals surface area (Å²) in [5, 5.41) is 0. The monoisotopic (exact) mass is 261 g/mol. The Bertz CT molecular complexity index is 524. The highest BCUT2D eigenvalue weighted by Crippen LogP contribution is 2.30. The first kappa shape index (κ1) is 13.4. The van der Waals surface area contributed by atoms with Crippen molar-refractivity contribution in [3.8, 4) is 0 Å². The van der Waals surface area contributed by atoms with Crippen molar-refractivity contribution in [3.63, 3.8) is 0 Å². The van der Waals surface area contributed by atoms with Gasteiger partial charge in [0, 0.05) is 12.6 Å². The fraction of sp³-hybridized carbons (Fsp3) is 0.385. The van der Waals surface area contributed by atoms with Crippen LogP contribution in [0.25, 0.3) is 0 Å². The van der Waals surface area contributed by atoms with E-state index in [1.54, 1.807) is 6.26 Å². The number of hydrogen-bond acceptors (Lipinski definition) is 6. The maximum Gasteiger partial charge on any atom is 0.148 e. The van der Waals surface area contributed by atoms with Crippen LogP contribution in [0, 0.1) is 0 Å². The maximum absolute atomic E-state index is 5.52. The Morgan fingerprint density at radius 2 is 2.21 bits per heavy atom. The largest absolute Gasteiger partial charge is 0.467 e. The van der Waals surface area contributed by atoms with E-state index in [-0.39, 0.29) is 5.92 Å². The average Bonchev–Trinajstić information content (AvgIpc) is 2.90. The third kappa shape index (κ3) is 2.85. The molecule has 0 aromatic carbocycles. The molecule has 2 aromatic rings. The van der Waals surface area contributed by atoms with Crippen molar-refractivity contribution in [3.05, 3.63) is 36.0 Å². The van der Waals surface area contributed by atoms with Crippen LogP contribution >= 0.6 is 0 Å². The molecule has 2 aromatic heterocycles. The Balaban J connectivity index is 2.32. The summed E-state index contributed by atoms with van der Waals surface area (Å²) in [5.74, 6) is 8.18. The highest BCUT2D eigenvalue weighted by atomic mass is 16.3. The minimum absolute atomic E-state index is 0.265. The number of rotatable bonds is 5. The van der Waals surface area contributed by atoms with Crippen LogP contribution < -0.4 is 16.2 Å². The molecule has 0 radical (unpaired) electrons. The lowest BCUT2D eigenvalue weighted by Crippen LogP contribution is -2.22. The van der Waals surface area contributed by atoms with Crippen LogP contribution in [0.3, 0.4) is 0 Å². The van der Waals surface area contributed by atoms with E-state index in [1.165, 1.54) is 6.33 Å². The molecule has 0 fully saturated rings. The molecule has 6 nitrogen and oxygen atoms in total. The van der Waals surface area contributed by atoms with Crippen molar-refractivity contribution >= 4 is 11.6 Å². The van der Waals surface area contributed by atoms with Crippen LogP contribution in [-0.2, 0) is 6.54 Å². The van der Waals surface area contributed by atoms with Crippen LogP contribution in [0.15, 0.2) is 29.1 Å². The molecule has 0 saturated heterocycles. The summed E-state index contributed by atoms with van der Waals surface area (Å²) in [5.41, 5.74) is 3.63. The highest BCUT2D eigenvalue weighted by molar-refractivity contribution is 5.59. The third-order valence-electron chi connectivity index (χ3n) is 2.91. The van der Waals surface area contributed by atoms with Gasteiger partial charge in [-0.15, -0.1) is 0 Å². The molecule has 0 unspecified atom stereocenters. The fourth-order valence-electron chi connectivity index (χ4n) is 2.05. The number of nitrogens with zero attached hydrogens (tertiary/aromatic N) is 3. The van der Waals surface area contributed by atoms with Gasteiger partial charge in [-0.2, -0.15) is 0 Å². The molecule has 0 amide bonds. The summed E-state index contributed by atoms with van der Waals surface area (Å²) >= 11 is 0. The van der Waals surface area contributed by atoms with Crippen molar-refractivity contribution in [2.45, 2.75) is 26.3 Å².